The minimum absolute atomic E-state index is 0.0413. The third kappa shape index (κ3) is 3.20. The predicted octanol–water partition coefficient (Wildman–Crippen LogP) is 2.03. The number of pyridine rings is 1. The Morgan fingerprint density at radius 2 is 2.33 bits per heavy atom. The van der Waals surface area contributed by atoms with Crippen molar-refractivity contribution >= 4 is 22.0 Å². The van der Waals surface area contributed by atoms with Crippen molar-refractivity contribution in [3.63, 3.8) is 0 Å². The van der Waals surface area contributed by atoms with E-state index in [9.17, 15) is 4.79 Å². The predicted molar refractivity (Wildman–Crippen MR) is 71.4 cm³/mol. The minimum atomic E-state index is -0.826. The van der Waals surface area contributed by atoms with Gasteiger partial charge in [0.05, 0.1) is 0 Å². The molecule has 98 valence electrons. The molecular formula is C12H16BrN3O2. The van der Waals surface area contributed by atoms with Crippen molar-refractivity contribution < 1.29 is 9.90 Å². The fourth-order valence-corrected chi connectivity index (χ4v) is 2.45. The highest BCUT2D eigenvalue weighted by molar-refractivity contribution is 9.10. The van der Waals surface area contributed by atoms with Crippen LogP contribution in [0.3, 0.4) is 0 Å². The Morgan fingerprint density at radius 1 is 1.56 bits per heavy atom. The standard InChI is InChI=1S/C12H16BrN3O2/c1-9-7-15(4-5-16(9)12(17)18)8-10-2-3-11(13)14-6-10/h2-3,6,9H,4-5,7-8H2,1H3,(H,17,18)/t9-/m0/s1. The van der Waals surface area contributed by atoms with Crippen molar-refractivity contribution in [3.05, 3.63) is 28.5 Å². The lowest BCUT2D eigenvalue weighted by Crippen LogP contribution is -2.53. The third-order valence-electron chi connectivity index (χ3n) is 3.15. The summed E-state index contributed by atoms with van der Waals surface area (Å²) < 4.78 is 0.829. The normalized spacial score (nSPS) is 21.0. The Balaban J connectivity index is 1.93. The number of carboxylic acid groups (broad SMARTS) is 1. The van der Waals surface area contributed by atoms with E-state index < -0.39 is 6.09 Å². The van der Waals surface area contributed by atoms with Gasteiger partial charge in [-0.05, 0) is 34.5 Å². The fraction of sp³-hybridized carbons (Fsp3) is 0.500. The third-order valence-corrected chi connectivity index (χ3v) is 3.62. The molecular weight excluding hydrogens is 298 g/mol. The van der Waals surface area contributed by atoms with E-state index in [-0.39, 0.29) is 6.04 Å². The van der Waals surface area contributed by atoms with Gasteiger partial charge in [0.1, 0.15) is 4.60 Å². The molecule has 0 spiro atoms. The Bertz CT molecular complexity index is 424. The summed E-state index contributed by atoms with van der Waals surface area (Å²) in [5.41, 5.74) is 1.15. The first-order valence-electron chi connectivity index (χ1n) is 5.88. The van der Waals surface area contributed by atoms with Crippen molar-refractivity contribution in [1.29, 1.82) is 0 Å². The zero-order valence-corrected chi connectivity index (χ0v) is 11.8. The number of hydrogen-bond acceptors (Lipinski definition) is 3. The smallest absolute Gasteiger partial charge is 0.407 e. The van der Waals surface area contributed by atoms with Gasteiger partial charge in [-0.25, -0.2) is 9.78 Å². The number of carbonyl (C=O) groups is 1. The van der Waals surface area contributed by atoms with E-state index in [4.69, 9.17) is 5.11 Å². The molecule has 1 atom stereocenters. The van der Waals surface area contributed by atoms with Gasteiger partial charge in [0.25, 0.3) is 0 Å². The Labute approximate surface area is 115 Å². The van der Waals surface area contributed by atoms with Crippen LogP contribution in [-0.2, 0) is 6.54 Å². The first kappa shape index (κ1) is 13.3. The maximum atomic E-state index is 11.0. The van der Waals surface area contributed by atoms with E-state index in [2.05, 4.69) is 25.8 Å². The van der Waals surface area contributed by atoms with Crippen LogP contribution in [0.4, 0.5) is 4.79 Å². The van der Waals surface area contributed by atoms with Crippen LogP contribution in [-0.4, -0.2) is 51.7 Å². The molecule has 6 heteroatoms. The molecule has 0 aromatic carbocycles. The fourth-order valence-electron chi connectivity index (χ4n) is 2.22. The summed E-state index contributed by atoms with van der Waals surface area (Å²) in [6.07, 6.45) is 1.02. The molecule has 0 saturated carbocycles. The minimum Gasteiger partial charge on any atom is -0.465 e. The van der Waals surface area contributed by atoms with Gasteiger partial charge in [0.15, 0.2) is 0 Å². The molecule has 5 nitrogen and oxygen atoms in total. The molecule has 2 rings (SSSR count). The van der Waals surface area contributed by atoms with Gasteiger partial charge in [0.2, 0.25) is 0 Å². The second kappa shape index (κ2) is 5.67. The van der Waals surface area contributed by atoms with Crippen LogP contribution in [0.1, 0.15) is 12.5 Å². The molecule has 2 heterocycles. The molecule has 1 N–H and O–H groups in total. The number of aromatic nitrogens is 1. The molecule has 1 amide bonds. The topological polar surface area (TPSA) is 56.7 Å². The van der Waals surface area contributed by atoms with E-state index >= 15 is 0 Å². The van der Waals surface area contributed by atoms with Crippen molar-refractivity contribution in [2.24, 2.45) is 0 Å². The Hall–Kier alpha value is -1.14. The van der Waals surface area contributed by atoms with Crippen LogP contribution >= 0.6 is 15.9 Å². The van der Waals surface area contributed by atoms with Gasteiger partial charge in [-0.1, -0.05) is 6.07 Å². The molecule has 1 aromatic heterocycles. The number of amides is 1. The first-order valence-corrected chi connectivity index (χ1v) is 6.68. The second-order valence-electron chi connectivity index (χ2n) is 4.55. The van der Waals surface area contributed by atoms with Crippen molar-refractivity contribution in [2.75, 3.05) is 19.6 Å². The molecule has 1 aromatic rings. The van der Waals surface area contributed by atoms with Crippen LogP contribution in [0, 0.1) is 0 Å². The number of piperazine rings is 1. The quantitative estimate of drug-likeness (QED) is 0.849. The van der Waals surface area contributed by atoms with Gasteiger partial charge in [0, 0.05) is 38.4 Å². The second-order valence-corrected chi connectivity index (χ2v) is 5.36. The summed E-state index contributed by atoms with van der Waals surface area (Å²) in [5, 5.41) is 9.01. The lowest BCUT2D eigenvalue weighted by atomic mass is 10.2. The summed E-state index contributed by atoms with van der Waals surface area (Å²) in [6.45, 7) is 4.87. The van der Waals surface area contributed by atoms with Gasteiger partial charge >= 0.3 is 6.09 Å². The number of hydrogen-bond donors (Lipinski definition) is 1. The average molecular weight is 314 g/mol. The number of halogens is 1. The first-order chi connectivity index (χ1) is 8.56. The Kier molecular flexibility index (Phi) is 4.19. The van der Waals surface area contributed by atoms with Crippen molar-refractivity contribution in [2.45, 2.75) is 19.5 Å². The highest BCUT2D eigenvalue weighted by atomic mass is 79.9. The molecule has 1 aliphatic heterocycles. The molecule has 1 aliphatic rings. The zero-order chi connectivity index (χ0) is 13.1. The Morgan fingerprint density at radius 3 is 2.89 bits per heavy atom. The van der Waals surface area contributed by atoms with Gasteiger partial charge in [-0.3, -0.25) is 4.90 Å². The highest BCUT2D eigenvalue weighted by Gasteiger charge is 2.26. The average Bonchev–Trinajstić information content (AvgIpc) is 2.32. The van der Waals surface area contributed by atoms with Crippen LogP contribution in [0.5, 0.6) is 0 Å². The van der Waals surface area contributed by atoms with E-state index in [1.165, 1.54) is 4.90 Å². The van der Waals surface area contributed by atoms with Crippen LogP contribution < -0.4 is 0 Å². The number of rotatable bonds is 2. The van der Waals surface area contributed by atoms with Crippen LogP contribution in [0.25, 0.3) is 0 Å². The lowest BCUT2D eigenvalue weighted by molar-refractivity contribution is 0.0711. The van der Waals surface area contributed by atoms with E-state index in [1.54, 1.807) is 0 Å². The van der Waals surface area contributed by atoms with Crippen molar-refractivity contribution in [1.82, 2.24) is 14.8 Å². The molecule has 1 fully saturated rings. The number of nitrogens with zero attached hydrogens (tertiary/aromatic N) is 3. The monoisotopic (exact) mass is 313 g/mol. The largest absolute Gasteiger partial charge is 0.465 e. The molecule has 0 radical (unpaired) electrons. The lowest BCUT2D eigenvalue weighted by Gasteiger charge is -2.38. The molecule has 18 heavy (non-hydrogen) atoms. The molecule has 1 saturated heterocycles. The summed E-state index contributed by atoms with van der Waals surface area (Å²) in [5.74, 6) is 0. The van der Waals surface area contributed by atoms with Crippen LogP contribution in [0.15, 0.2) is 22.9 Å². The zero-order valence-electron chi connectivity index (χ0n) is 10.2. The summed E-state index contributed by atoms with van der Waals surface area (Å²) in [6, 6.07) is 4.00. The van der Waals surface area contributed by atoms with Gasteiger partial charge < -0.3 is 10.0 Å². The van der Waals surface area contributed by atoms with Gasteiger partial charge in [-0.15, -0.1) is 0 Å². The molecule has 0 unspecified atom stereocenters. The maximum absolute atomic E-state index is 11.0. The highest BCUT2D eigenvalue weighted by Crippen LogP contribution is 2.14. The van der Waals surface area contributed by atoms with Gasteiger partial charge in [-0.2, -0.15) is 0 Å². The van der Waals surface area contributed by atoms with Crippen LogP contribution in [0.2, 0.25) is 0 Å². The SMILES string of the molecule is C[C@H]1CN(Cc2ccc(Br)nc2)CCN1C(=O)O. The van der Waals surface area contributed by atoms with Crippen molar-refractivity contribution in [3.8, 4) is 0 Å². The maximum Gasteiger partial charge on any atom is 0.407 e. The van der Waals surface area contributed by atoms with E-state index in [0.717, 1.165) is 29.8 Å². The summed E-state index contributed by atoms with van der Waals surface area (Å²) in [4.78, 5) is 18.9. The summed E-state index contributed by atoms with van der Waals surface area (Å²) >= 11 is 3.31. The van der Waals surface area contributed by atoms with E-state index in [0.29, 0.717) is 6.54 Å². The molecule has 0 bridgehead atoms. The van der Waals surface area contributed by atoms with E-state index in [1.807, 2.05) is 25.3 Å². The molecule has 0 aliphatic carbocycles. The summed E-state index contributed by atoms with van der Waals surface area (Å²) in [7, 11) is 0.